The van der Waals surface area contributed by atoms with E-state index in [2.05, 4.69) is 30.3 Å². The van der Waals surface area contributed by atoms with Crippen molar-refractivity contribution < 1.29 is 9.26 Å². The number of methoxy groups -OCH3 is 1. The largest absolute Gasteiger partial charge is 0.375 e. The predicted molar refractivity (Wildman–Crippen MR) is 71.1 cm³/mol. The fraction of sp³-hybridized carbons (Fsp3) is 0.500. The summed E-state index contributed by atoms with van der Waals surface area (Å²) in [4.78, 5) is 15.2. The van der Waals surface area contributed by atoms with Crippen LogP contribution in [0.1, 0.15) is 5.89 Å². The van der Waals surface area contributed by atoms with E-state index in [4.69, 9.17) is 9.26 Å². The summed E-state index contributed by atoms with van der Waals surface area (Å²) in [7, 11) is 1.58. The minimum Gasteiger partial charge on any atom is -0.375 e. The maximum atomic E-state index is 5.07. The van der Waals surface area contributed by atoms with Gasteiger partial charge in [0.25, 0.3) is 5.89 Å². The fourth-order valence-electron chi connectivity index (χ4n) is 2.03. The Morgan fingerprint density at radius 3 is 3.00 bits per heavy atom. The van der Waals surface area contributed by atoms with E-state index in [0.29, 0.717) is 30.0 Å². The van der Waals surface area contributed by atoms with Crippen LogP contribution in [0.5, 0.6) is 0 Å². The van der Waals surface area contributed by atoms with Gasteiger partial charge in [0, 0.05) is 39.5 Å². The first-order valence-electron chi connectivity index (χ1n) is 6.47. The van der Waals surface area contributed by atoms with Crippen LogP contribution in [0.15, 0.2) is 16.8 Å². The number of aromatic nitrogens is 4. The maximum Gasteiger partial charge on any atom is 0.252 e. The van der Waals surface area contributed by atoms with Crippen molar-refractivity contribution in [3.8, 4) is 11.5 Å². The van der Waals surface area contributed by atoms with Crippen LogP contribution in [-0.4, -0.2) is 53.4 Å². The molecule has 1 N–H and O–H groups in total. The third-order valence-corrected chi connectivity index (χ3v) is 3.01. The number of ether oxygens (including phenoxy) is 1. The van der Waals surface area contributed by atoms with Gasteiger partial charge in [0.2, 0.25) is 11.8 Å². The van der Waals surface area contributed by atoms with Crippen LogP contribution in [0.3, 0.4) is 0 Å². The molecule has 8 heteroatoms. The Morgan fingerprint density at radius 2 is 2.20 bits per heavy atom. The molecule has 8 nitrogen and oxygen atoms in total. The first-order chi connectivity index (χ1) is 9.86. The van der Waals surface area contributed by atoms with Crippen molar-refractivity contribution in [1.82, 2.24) is 25.4 Å². The Hall–Kier alpha value is -2.06. The maximum absolute atomic E-state index is 5.07. The fourth-order valence-corrected chi connectivity index (χ4v) is 2.03. The first kappa shape index (κ1) is 12.9. The smallest absolute Gasteiger partial charge is 0.252 e. The molecule has 0 amide bonds. The van der Waals surface area contributed by atoms with E-state index in [1.165, 1.54) is 0 Å². The lowest BCUT2D eigenvalue weighted by Gasteiger charge is -2.27. The first-order valence-corrected chi connectivity index (χ1v) is 6.47. The Labute approximate surface area is 116 Å². The number of hydrogen-bond donors (Lipinski definition) is 1. The van der Waals surface area contributed by atoms with Crippen LogP contribution < -0.4 is 10.2 Å². The van der Waals surface area contributed by atoms with E-state index >= 15 is 0 Å². The van der Waals surface area contributed by atoms with E-state index in [-0.39, 0.29) is 0 Å². The summed E-state index contributed by atoms with van der Waals surface area (Å²) in [6.45, 7) is 3.96. The van der Waals surface area contributed by atoms with Crippen molar-refractivity contribution in [2.45, 2.75) is 6.61 Å². The van der Waals surface area contributed by atoms with Gasteiger partial charge in [-0.2, -0.15) is 4.98 Å². The topological polar surface area (TPSA) is 89.2 Å². The van der Waals surface area contributed by atoms with Gasteiger partial charge in [0.05, 0.1) is 0 Å². The normalized spacial score (nSPS) is 15.6. The number of hydrogen-bond acceptors (Lipinski definition) is 8. The summed E-state index contributed by atoms with van der Waals surface area (Å²) in [6.07, 6.45) is 1.71. The highest BCUT2D eigenvalue weighted by Gasteiger charge is 2.15. The van der Waals surface area contributed by atoms with E-state index in [1.807, 2.05) is 0 Å². The average molecular weight is 276 g/mol. The van der Waals surface area contributed by atoms with Crippen LogP contribution in [0.25, 0.3) is 11.5 Å². The molecule has 0 radical (unpaired) electrons. The van der Waals surface area contributed by atoms with Crippen LogP contribution in [0.2, 0.25) is 0 Å². The van der Waals surface area contributed by atoms with Crippen molar-refractivity contribution in [2.75, 3.05) is 38.2 Å². The highest BCUT2D eigenvalue weighted by atomic mass is 16.5. The molecule has 1 fully saturated rings. The number of piperazine rings is 1. The molecule has 2 aromatic heterocycles. The van der Waals surface area contributed by atoms with Gasteiger partial charge in [-0.3, -0.25) is 0 Å². The molecule has 3 rings (SSSR count). The number of nitrogens with zero attached hydrogens (tertiary/aromatic N) is 5. The second-order valence-corrected chi connectivity index (χ2v) is 4.42. The van der Waals surface area contributed by atoms with E-state index in [9.17, 15) is 0 Å². The molecule has 1 aliphatic rings. The molecule has 0 spiro atoms. The van der Waals surface area contributed by atoms with Crippen LogP contribution >= 0.6 is 0 Å². The lowest BCUT2D eigenvalue weighted by molar-refractivity contribution is 0.151. The van der Waals surface area contributed by atoms with E-state index < -0.39 is 0 Å². The third-order valence-electron chi connectivity index (χ3n) is 3.01. The van der Waals surface area contributed by atoms with Gasteiger partial charge in [-0.05, 0) is 6.07 Å². The van der Waals surface area contributed by atoms with Gasteiger partial charge in [0.15, 0.2) is 0 Å². The molecule has 106 valence electrons. The molecule has 1 saturated heterocycles. The molecule has 3 heterocycles. The second kappa shape index (κ2) is 5.93. The number of anilines is 1. The molecule has 0 saturated carbocycles. The minimum absolute atomic E-state index is 0.294. The molecule has 20 heavy (non-hydrogen) atoms. The van der Waals surface area contributed by atoms with Gasteiger partial charge in [0.1, 0.15) is 12.3 Å². The van der Waals surface area contributed by atoms with E-state index in [0.717, 1.165) is 26.2 Å². The molecular weight excluding hydrogens is 260 g/mol. The monoisotopic (exact) mass is 276 g/mol. The van der Waals surface area contributed by atoms with Gasteiger partial charge in [-0.25, -0.2) is 9.97 Å². The summed E-state index contributed by atoms with van der Waals surface area (Å²) in [6, 6.07) is 1.77. The van der Waals surface area contributed by atoms with Gasteiger partial charge in [-0.15, -0.1) is 0 Å². The van der Waals surface area contributed by atoms with Crippen molar-refractivity contribution >= 4 is 5.95 Å². The molecule has 0 aliphatic carbocycles. The van der Waals surface area contributed by atoms with Crippen LogP contribution in [0.4, 0.5) is 5.95 Å². The van der Waals surface area contributed by atoms with Crippen LogP contribution in [0, 0.1) is 0 Å². The Morgan fingerprint density at radius 1 is 1.35 bits per heavy atom. The standard InChI is InChI=1S/C12H16N6O2/c1-19-8-10-16-11(17-20-10)9-2-3-14-12(15-9)18-6-4-13-5-7-18/h2-3,13H,4-8H2,1H3. The minimum atomic E-state index is 0.294. The molecule has 0 bridgehead atoms. The van der Waals surface area contributed by atoms with Crippen molar-refractivity contribution in [3.05, 3.63) is 18.2 Å². The van der Waals surface area contributed by atoms with Crippen LogP contribution in [-0.2, 0) is 11.3 Å². The molecule has 0 unspecified atom stereocenters. The Bertz CT molecular complexity index is 567. The Kier molecular flexibility index (Phi) is 3.84. The SMILES string of the molecule is COCc1nc(-c2ccnc(N3CCNCC3)n2)no1. The quantitative estimate of drug-likeness (QED) is 0.840. The Balaban J connectivity index is 1.82. The second-order valence-electron chi connectivity index (χ2n) is 4.42. The highest BCUT2D eigenvalue weighted by molar-refractivity contribution is 5.50. The van der Waals surface area contributed by atoms with Gasteiger partial charge in [-0.1, -0.05) is 5.16 Å². The van der Waals surface area contributed by atoms with Crippen molar-refractivity contribution in [3.63, 3.8) is 0 Å². The predicted octanol–water partition coefficient (Wildman–Crippen LogP) is 0.0826. The van der Waals surface area contributed by atoms with Gasteiger partial charge >= 0.3 is 0 Å². The highest BCUT2D eigenvalue weighted by Crippen LogP contribution is 2.16. The summed E-state index contributed by atoms with van der Waals surface area (Å²) in [5, 5.41) is 7.20. The third kappa shape index (κ3) is 2.75. The summed E-state index contributed by atoms with van der Waals surface area (Å²) >= 11 is 0. The zero-order valence-electron chi connectivity index (χ0n) is 11.2. The van der Waals surface area contributed by atoms with Crippen molar-refractivity contribution in [1.29, 1.82) is 0 Å². The molecule has 0 atom stereocenters. The lowest BCUT2D eigenvalue weighted by Crippen LogP contribution is -2.44. The average Bonchev–Trinajstić information content (AvgIpc) is 2.97. The zero-order chi connectivity index (χ0) is 13.8. The zero-order valence-corrected chi connectivity index (χ0v) is 11.2. The summed E-state index contributed by atoms with van der Waals surface area (Å²) in [5.74, 6) is 1.59. The lowest BCUT2D eigenvalue weighted by atomic mass is 10.3. The van der Waals surface area contributed by atoms with E-state index in [1.54, 1.807) is 19.4 Å². The number of rotatable bonds is 4. The number of nitrogens with one attached hydrogen (secondary N) is 1. The molecular formula is C12H16N6O2. The van der Waals surface area contributed by atoms with Gasteiger partial charge < -0.3 is 19.5 Å². The molecule has 0 aromatic carbocycles. The molecule has 1 aliphatic heterocycles. The summed E-state index contributed by atoms with van der Waals surface area (Å²) in [5.41, 5.74) is 0.652. The summed E-state index contributed by atoms with van der Waals surface area (Å²) < 4.78 is 10.0. The molecule has 2 aromatic rings. The van der Waals surface area contributed by atoms with Crippen molar-refractivity contribution in [2.24, 2.45) is 0 Å².